The number of carbonyl (C=O) groups excluding carboxylic acids is 2. The van der Waals surface area contributed by atoms with Crippen molar-refractivity contribution in [3.63, 3.8) is 0 Å². The molecule has 2 amide bonds. The van der Waals surface area contributed by atoms with Crippen LogP contribution in [0.1, 0.15) is 31.4 Å². The molecule has 0 aliphatic carbocycles. The van der Waals surface area contributed by atoms with Crippen molar-refractivity contribution in [1.82, 2.24) is 10.2 Å². The number of nitrogens with zero attached hydrogens (tertiary/aromatic N) is 2. The minimum absolute atomic E-state index is 0.0451. The molecule has 0 spiro atoms. The number of hydrogen-bond acceptors (Lipinski definition) is 4. The van der Waals surface area contributed by atoms with E-state index in [2.05, 4.69) is 5.32 Å². The lowest BCUT2D eigenvalue weighted by molar-refractivity contribution is -0.139. The van der Waals surface area contributed by atoms with Crippen LogP contribution in [-0.2, 0) is 26.2 Å². The summed E-state index contributed by atoms with van der Waals surface area (Å²) < 4.78 is 28.6. The molecule has 0 saturated heterocycles. The third kappa shape index (κ3) is 7.07. The molecule has 10 heteroatoms. The first-order chi connectivity index (χ1) is 18.1. The highest BCUT2D eigenvalue weighted by Crippen LogP contribution is 2.28. The Kier molecular flexibility index (Phi) is 10.2. The maximum atomic E-state index is 13.9. The predicted molar refractivity (Wildman–Crippen MR) is 152 cm³/mol. The molecule has 0 radical (unpaired) electrons. The first-order valence-corrected chi connectivity index (χ1v) is 14.4. The molecule has 0 bridgehead atoms. The minimum Gasteiger partial charge on any atom is -0.354 e. The highest BCUT2D eigenvalue weighted by atomic mass is 35.5. The Morgan fingerprint density at radius 2 is 1.58 bits per heavy atom. The zero-order valence-corrected chi connectivity index (χ0v) is 23.9. The van der Waals surface area contributed by atoms with Crippen LogP contribution >= 0.6 is 23.2 Å². The van der Waals surface area contributed by atoms with Gasteiger partial charge < -0.3 is 10.2 Å². The smallest absolute Gasteiger partial charge is 0.264 e. The molecule has 3 rings (SSSR count). The van der Waals surface area contributed by atoms with Crippen LogP contribution < -0.4 is 9.62 Å². The summed E-state index contributed by atoms with van der Waals surface area (Å²) in [6.07, 6.45) is 0.721. The molecule has 0 unspecified atom stereocenters. The van der Waals surface area contributed by atoms with E-state index in [9.17, 15) is 18.0 Å². The van der Waals surface area contributed by atoms with Gasteiger partial charge in [0.05, 0.1) is 10.6 Å². The molecule has 0 saturated carbocycles. The van der Waals surface area contributed by atoms with Crippen molar-refractivity contribution in [3.05, 3.63) is 94.0 Å². The van der Waals surface area contributed by atoms with E-state index in [0.29, 0.717) is 27.8 Å². The molecule has 0 aliphatic rings. The molecule has 0 fully saturated rings. The van der Waals surface area contributed by atoms with Gasteiger partial charge in [0.2, 0.25) is 11.8 Å². The summed E-state index contributed by atoms with van der Waals surface area (Å²) in [5.74, 6) is -0.947. The summed E-state index contributed by atoms with van der Waals surface area (Å²) in [5.41, 5.74) is 1.63. The Labute approximate surface area is 234 Å². The van der Waals surface area contributed by atoms with Crippen molar-refractivity contribution >= 4 is 50.7 Å². The summed E-state index contributed by atoms with van der Waals surface area (Å²) in [6, 6.07) is 18.9. The summed E-state index contributed by atoms with van der Waals surface area (Å²) in [4.78, 5) is 28.2. The van der Waals surface area contributed by atoms with Gasteiger partial charge >= 0.3 is 0 Å². The molecular weight excluding hydrogens is 545 g/mol. The standard InChI is InChI=1S/C28H31Cl2N3O4S/c1-4-16-31-28(35)21(3)32(18-24-25(29)14-9-15-26(24)30)27(34)19-33(22-11-8-10-20(2)17-22)38(36,37)23-12-6-5-7-13-23/h5-15,17,21H,4,16,18-19H2,1-3H3,(H,31,35)/t21-/m0/s1. The van der Waals surface area contributed by atoms with Crippen molar-refractivity contribution in [1.29, 1.82) is 0 Å². The van der Waals surface area contributed by atoms with Crippen LogP contribution in [0.2, 0.25) is 10.0 Å². The van der Waals surface area contributed by atoms with Crippen LogP contribution in [0.3, 0.4) is 0 Å². The average molecular weight is 577 g/mol. The predicted octanol–water partition coefficient (Wildman–Crippen LogP) is 5.44. The van der Waals surface area contributed by atoms with E-state index in [1.165, 1.54) is 17.0 Å². The fourth-order valence-corrected chi connectivity index (χ4v) is 5.81. The van der Waals surface area contributed by atoms with Gasteiger partial charge in [0.15, 0.2) is 0 Å². The van der Waals surface area contributed by atoms with Crippen LogP contribution in [0, 0.1) is 6.92 Å². The Hall–Kier alpha value is -3.07. The fraction of sp³-hybridized carbons (Fsp3) is 0.286. The second kappa shape index (κ2) is 13.1. The van der Waals surface area contributed by atoms with Crippen molar-refractivity contribution < 1.29 is 18.0 Å². The van der Waals surface area contributed by atoms with Gasteiger partial charge in [0.25, 0.3) is 10.0 Å². The molecule has 7 nitrogen and oxygen atoms in total. The number of aryl methyl sites for hydroxylation is 1. The molecule has 202 valence electrons. The van der Waals surface area contributed by atoms with E-state index in [4.69, 9.17) is 23.2 Å². The number of rotatable bonds is 11. The number of amides is 2. The van der Waals surface area contributed by atoms with Crippen molar-refractivity contribution in [3.8, 4) is 0 Å². The van der Waals surface area contributed by atoms with E-state index in [0.717, 1.165) is 16.3 Å². The SMILES string of the molecule is CCCNC(=O)[C@H](C)N(Cc1c(Cl)cccc1Cl)C(=O)CN(c1cccc(C)c1)S(=O)(=O)c1ccccc1. The number of anilines is 1. The molecule has 1 atom stereocenters. The molecular formula is C28H31Cl2N3O4S. The van der Waals surface area contributed by atoms with Crippen molar-refractivity contribution in [2.24, 2.45) is 0 Å². The number of carbonyl (C=O) groups is 2. The van der Waals surface area contributed by atoms with Crippen molar-refractivity contribution in [2.45, 2.75) is 44.7 Å². The molecule has 0 aliphatic heterocycles. The van der Waals surface area contributed by atoms with Crippen molar-refractivity contribution in [2.75, 3.05) is 17.4 Å². The summed E-state index contributed by atoms with van der Waals surface area (Å²) in [7, 11) is -4.12. The summed E-state index contributed by atoms with van der Waals surface area (Å²) >= 11 is 12.8. The quantitative estimate of drug-likeness (QED) is 0.330. The molecule has 38 heavy (non-hydrogen) atoms. The van der Waals surface area contributed by atoms with E-state index in [-0.39, 0.29) is 17.3 Å². The zero-order chi connectivity index (χ0) is 27.9. The normalized spacial score (nSPS) is 12.0. The van der Waals surface area contributed by atoms with Gasteiger partial charge in [-0.25, -0.2) is 8.42 Å². The lowest BCUT2D eigenvalue weighted by Crippen LogP contribution is -2.51. The highest BCUT2D eigenvalue weighted by Gasteiger charge is 2.33. The largest absolute Gasteiger partial charge is 0.354 e. The zero-order valence-electron chi connectivity index (χ0n) is 21.5. The number of hydrogen-bond donors (Lipinski definition) is 1. The third-order valence-corrected chi connectivity index (χ3v) is 8.50. The van der Waals surface area contributed by atoms with E-state index < -0.39 is 28.5 Å². The van der Waals surface area contributed by atoms with Crippen LogP contribution in [0.15, 0.2) is 77.7 Å². The van der Waals surface area contributed by atoms with E-state index in [1.54, 1.807) is 61.5 Å². The van der Waals surface area contributed by atoms with Gasteiger partial charge in [0, 0.05) is 28.7 Å². The molecule has 0 aromatic heterocycles. The first kappa shape index (κ1) is 29.5. The van der Waals surface area contributed by atoms with Gasteiger partial charge in [-0.15, -0.1) is 0 Å². The second-order valence-electron chi connectivity index (χ2n) is 8.85. The maximum absolute atomic E-state index is 13.9. The van der Waals surface area contributed by atoms with E-state index in [1.807, 2.05) is 19.9 Å². The van der Waals surface area contributed by atoms with Gasteiger partial charge in [0.1, 0.15) is 12.6 Å². The van der Waals surface area contributed by atoms with Gasteiger partial charge in [-0.2, -0.15) is 0 Å². The molecule has 3 aromatic carbocycles. The van der Waals surface area contributed by atoms with Crippen LogP contribution in [0.4, 0.5) is 5.69 Å². The van der Waals surface area contributed by atoms with Crippen LogP contribution in [0.5, 0.6) is 0 Å². The highest BCUT2D eigenvalue weighted by molar-refractivity contribution is 7.92. The minimum atomic E-state index is -4.12. The fourth-order valence-electron chi connectivity index (χ4n) is 3.86. The number of sulfonamides is 1. The molecule has 3 aromatic rings. The first-order valence-electron chi connectivity index (χ1n) is 12.2. The summed E-state index contributed by atoms with van der Waals surface area (Å²) in [5, 5.41) is 3.47. The Balaban J connectivity index is 2.05. The molecule has 0 heterocycles. The average Bonchev–Trinajstić information content (AvgIpc) is 2.90. The molecule has 1 N–H and O–H groups in total. The van der Waals surface area contributed by atoms with Crippen LogP contribution in [-0.4, -0.2) is 44.3 Å². The topological polar surface area (TPSA) is 86.8 Å². The summed E-state index contributed by atoms with van der Waals surface area (Å²) in [6.45, 7) is 5.18. The lowest BCUT2D eigenvalue weighted by Gasteiger charge is -2.32. The maximum Gasteiger partial charge on any atom is 0.264 e. The Bertz CT molecular complexity index is 1360. The van der Waals surface area contributed by atoms with Gasteiger partial charge in [-0.05, 0) is 62.2 Å². The van der Waals surface area contributed by atoms with Gasteiger partial charge in [-0.3, -0.25) is 13.9 Å². The second-order valence-corrected chi connectivity index (χ2v) is 11.5. The Morgan fingerprint density at radius 3 is 2.18 bits per heavy atom. The number of nitrogens with one attached hydrogen (secondary N) is 1. The monoisotopic (exact) mass is 575 g/mol. The lowest BCUT2D eigenvalue weighted by atomic mass is 10.1. The number of halogens is 2. The van der Waals surface area contributed by atoms with Gasteiger partial charge in [-0.1, -0.05) is 66.5 Å². The number of benzene rings is 3. The Morgan fingerprint density at radius 1 is 0.947 bits per heavy atom. The third-order valence-electron chi connectivity index (χ3n) is 6.01. The van der Waals surface area contributed by atoms with Crippen LogP contribution in [0.25, 0.3) is 0 Å². The van der Waals surface area contributed by atoms with E-state index >= 15 is 0 Å².